The molecule has 16 heavy (non-hydrogen) atoms. The van der Waals surface area contributed by atoms with Crippen LogP contribution < -0.4 is 14.8 Å². The molecule has 2 rings (SSSR count). The van der Waals surface area contributed by atoms with Crippen molar-refractivity contribution >= 4 is 0 Å². The van der Waals surface area contributed by atoms with Gasteiger partial charge < -0.3 is 14.8 Å². The van der Waals surface area contributed by atoms with Crippen LogP contribution in [-0.2, 0) is 6.42 Å². The maximum Gasteiger partial charge on any atom is 0.164 e. The molecule has 1 unspecified atom stereocenters. The quantitative estimate of drug-likeness (QED) is 0.605. The largest absolute Gasteiger partial charge is 0.493 e. The van der Waals surface area contributed by atoms with E-state index in [9.17, 15) is 0 Å². The van der Waals surface area contributed by atoms with Crippen molar-refractivity contribution in [1.29, 1.82) is 0 Å². The summed E-state index contributed by atoms with van der Waals surface area (Å²) in [4.78, 5) is 0. The summed E-state index contributed by atoms with van der Waals surface area (Å²) in [6.07, 6.45) is 2.99. The van der Waals surface area contributed by atoms with Gasteiger partial charge in [-0.15, -0.1) is 6.58 Å². The standard InChI is InChI=1S/C13H17NO2/c1-3-7-14-9-11-8-10-5-4-6-12(15-2)13(10)16-11/h3-6,11,14H,1,7-9H2,2H3. The molecule has 1 aliphatic rings. The number of hydrogen-bond acceptors (Lipinski definition) is 3. The highest BCUT2D eigenvalue weighted by atomic mass is 16.5. The Morgan fingerprint density at radius 1 is 1.62 bits per heavy atom. The molecule has 3 nitrogen and oxygen atoms in total. The molecule has 1 aromatic carbocycles. The third-order valence-corrected chi connectivity index (χ3v) is 2.67. The molecule has 1 aliphatic heterocycles. The van der Waals surface area contributed by atoms with E-state index in [4.69, 9.17) is 9.47 Å². The molecule has 0 fully saturated rings. The number of ether oxygens (including phenoxy) is 2. The molecule has 3 heteroatoms. The lowest BCUT2D eigenvalue weighted by molar-refractivity contribution is 0.221. The normalized spacial score (nSPS) is 17.7. The second-order valence-corrected chi connectivity index (χ2v) is 3.84. The van der Waals surface area contributed by atoms with Crippen LogP contribution in [0.5, 0.6) is 11.5 Å². The van der Waals surface area contributed by atoms with Crippen LogP contribution in [0.25, 0.3) is 0 Å². The topological polar surface area (TPSA) is 30.5 Å². The minimum absolute atomic E-state index is 0.200. The van der Waals surface area contributed by atoms with Crippen LogP contribution in [0.1, 0.15) is 5.56 Å². The molecule has 0 aromatic heterocycles. The number of nitrogens with one attached hydrogen (secondary N) is 1. The third-order valence-electron chi connectivity index (χ3n) is 2.67. The molecule has 0 amide bonds. The fourth-order valence-electron chi connectivity index (χ4n) is 1.93. The van der Waals surface area contributed by atoms with Crippen LogP contribution >= 0.6 is 0 Å². The van der Waals surface area contributed by atoms with Gasteiger partial charge in [-0.1, -0.05) is 18.2 Å². The fourth-order valence-corrected chi connectivity index (χ4v) is 1.93. The maximum atomic E-state index is 5.85. The zero-order valence-corrected chi connectivity index (χ0v) is 9.53. The summed E-state index contributed by atoms with van der Waals surface area (Å²) in [6, 6.07) is 6.02. The lowest BCUT2D eigenvalue weighted by Gasteiger charge is -2.11. The van der Waals surface area contributed by atoms with E-state index in [0.717, 1.165) is 31.0 Å². The Balaban J connectivity index is 2.00. The Hall–Kier alpha value is -1.48. The van der Waals surface area contributed by atoms with E-state index < -0.39 is 0 Å². The number of rotatable bonds is 5. The van der Waals surface area contributed by atoms with Gasteiger partial charge in [0.1, 0.15) is 6.10 Å². The first-order chi connectivity index (χ1) is 7.85. The first kappa shape index (κ1) is 11.0. The Kier molecular flexibility index (Phi) is 3.47. The van der Waals surface area contributed by atoms with E-state index in [2.05, 4.69) is 18.0 Å². The number of benzene rings is 1. The summed E-state index contributed by atoms with van der Waals surface area (Å²) < 4.78 is 11.1. The van der Waals surface area contributed by atoms with Gasteiger partial charge in [0.05, 0.1) is 7.11 Å². The van der Waals surface area contributed by atoms with E-state index >= 15 is 0 Å². The van der Waals surface area contributed by atoms with Gasteiger partial charge >= 0.3 is 0 Å². The molecule has 86 valence electrons. The van der Waals surface area contributed by atoms with Gasteiger partial charge in [-0.05, 0) is 6.07 Å². The van der Waals surface area contributed by atoms with E-state index in [-0.39, 0.29) is 6.10 Å². The summed E-state index contributed by atoms with van der Waals surface area (Å²) in [5.41, 5.74) is 1.23. The number of methoxy groups -OCH3 is 1. The second kappa shape index (κ2) is 5.03. The third kappa shape index (κ3) is 2.19. The van der Waals surface area contributed by atoms with E-state index in [1.54, 1.807) is 7.11 Å². The summed E-state index contributed by atoms with van der Waals surface area (Å²) in [5, 5.41) is 3.27. The molecule has 0 aliphatic carbocycles. The Morgan fingerprint density at radius 2 is 2.50 bits per heavy atom. The Labute approximate surface area is 96.1 Å². The van der Waals surface area contributed by atoms with Crippen molar-refractivity contribution in [2.45, 2.75) is 12.5 Å². The van der Waals surface area contributed by atoms with E-state index in [1.165, 1.54) is 5.56 Å². The van der Waals surface area contributed by atoms with Gasteiger partial charge in [0.25, 0.3) is 0 Å². The fraction of sp³-hybridized carbons (Fsp3) is 0.385. The highest BCUT2D eigenvalue weighted by Crippen LogP contribution is 2.37. The average molecular weight is 219 g/mol. The van der Waals surface area contributed by atoms with Crippen LogP contribution in [0.15, 0.2) is 30.9 Å². The number of hydrogen-bond donors (Lipinski definition) is 1. The Bertz CT molecular complexity index is 376. The molecule has 0 bridgehead atoms. The molecule has 0 saturated carbocycles. The average Bonchev–Trinajstić information content (AvgIpc) is 2.71. The zero-order chi connectivity index (χ0) is 11.4. The second-order valence-electron chi connectivity index (χ2n) is 3.84. The minimum atomic E-state index is 0.200. The first-order valence-corrected chi connectivity index (χ1v) is 5.49. The van der Waals surface area contributed by atoms with Crippen LogP contribution in [0, 0.1) is 0 Å². The maximum absolute atomic E-state index is 5.85. The highest BCUT2D eigenvalue weighted by Gasteiger charge is 2.25. The number of fused-ring (bicyclic) bond motifs is 1. The van der Waals surface area contributed by atoms with Crippen LogP contribution in [0.4, 0.5) is 0 Å². The predicted octanol–water partition coefficient (Wildman–Crippen LogP) is 1.77. The minimum Gasteiger partial charge on any atom is -0.493 e. The van der Waals surface area contributed by atoms with Crippen molar-refractivity contribution in [2.24, 2.45) is 0 Å². The van der Waals surface area contributed by atoms with Crippen LogP contribution in [0.3, 0.4) is 0 Å². The summed E-state index contributed by atoms with van der Waals surface area (Å²) in [7, 11) is 1.67. The Morgan fingerprint density at radius 3 is 3.25 bits per heavy atom. The van der Waals surface area contributed by atoms with Crippen molar-refractivity contribution < 1.29 is 9.47 Å². The monoisotopic (exact) mass is 219 g/mol. The molecule has 0 radical (unpaired) electrons. The van der Waals surface area contributed by atoms with Gasteiger partial charge in [-0.2, -0.15) is 0 Å². The summed E-state index contributed by atoms with van der Waals surface area (Å²) in [6.45, 7) is 5.32. The van der Waals surface area contributed by atoms with Crippen LogP contribution in [-0.4, -0.2) is 26.3 Å². The number of para-hydroxylation sites is 1. The van der Waals surface area contributed by atoms with Gasteiger partial charge in [0, 0.05) is 25.1 Å². The molecule has 0 spiro atoms. The van der Waals surface area contributed by atoms with Crippen LogP contribution in [0.2, 0.25) is 0 Å². The molecule has 1 heterocycles. The van der Waals surface area contributed by atoms with Gasteiger partial charge in [-0.25, -0.2) is 0 Å². The van der Waals surface area contributed by atoms with Crippen molar-refractivity contribution in [3.8, 4) is 11.5 Å². The van der Waals surface area contributed by atoms with Crippen molar-refractivity contribution in [3.05, 3.63) is 36.4 Å². The van der Waals surface area contributed by atoms with Crippen molar-refractivity contribution in [3.63, 3.8) is 0 Å². The zero-order valence-electron chi connectivity index (χ0n) is 9.53. The molecule has 0 saturated heterocycles. The van der Waals surface area contributed by atoms with Gasteiger partial charge in [0.15, 0.2) is 11.5 Å². The molecule has 1 atom stereocenters. The summed E-state index contributed by atoms with van der Waals surface area (Å²) >= 11 is 0. The van der Waals surface area contributed by atoms with E-state index in [1.807, 2.05) is 18.2 Å². The molecular formula is C13H17NO2. The molecule has 1 N–H and O–H groups in total. The highest BCUT2D eigenvalue weighted by molar-refractivity contribution is 5.49. The van der Waals surface area contributed by atoms with Crippen molar-refractivity contribution in [1.82, 2.24) is 5.32 Å². The summed E-state index contributed by atoms with van der Waals surface area (Å²) in [5.74, 6) is 1.72. The van der Waals surface area contributed by atoms with Gasteiger partial charge in [0.2, 0.25) is 0 Å². The first-order valence-electron chi connectivity index (χ1n) is 5.49. The lowest BCUT2D eigenvalue weighted by atomic mass is 10.1. The van der Waals surface area contributed by atoms with Crippen molar-refractivity contribution in [2.75, 3.05) is 20.2 Å². The SMILES string of the molecule is C=CCNCC1Cc2cccc(OC)c2O1. The van der Waals surface area contributed by atoms with E-state index in [0.29, 0.717) is 0 Å². The van der Waals surface area contributed by atoms with Gasteiger partial charge in [-0.3, -0.25) is 0 Å². The predicted molar refractivity (Wildman–Crippen MR) is 64.2 cm³/mol. The molecule has 1 aromatic rings. The smallest absolute Gasteiger partial charge is 0.164 e. The lowest BCUT2D eigenvalue weighted by Crippen LogP contribution is -2.30. The molecular weight excluding hydrogens is 202 g/mol.